The first-order chi connectivity index (χ1) is 15.9. The molecular weight excluding hydrogens is 464 g/mol. The summed E-state index contributed by atoms with van der Waals surface area (Å²) >= 11 is 6.25. The van der Waals surface area contributed by atoms with E-state index >= 15 is 0 Å². The molecule has 3 fully saturated rings. The highest BCUT2D eigenvalue weighted by Crippen LogP contribution is 2.44. The first-order valence-corrected chi connectivity index (χ1v) is 12.7. The smallest absolute Gasteiger partial charge is 0.237 e. The van der Waals surface area contributed by atoms with Crippen molar-refractivity contribution in [2.24, 2.45) is 0 Å². The summed E-state index contributed by atoms with van der Waals surface area (Å²) in [5.74, 6) is 0.406. The van der Waals surface area contributed by atoms with Gasteiger partial charge in [0.1, 0.15) is 18.5 Å². The number of benzene rings is 1. The maximum Gasteiger partial charge on any atom is 0.237 e. The molecule has 2 bridgehead atoms. The molecule has 0 spiro atoms. The van der Waals surface area contributed by atoms with Crippen molar-refractivity contribution >= 4 is 38.8 Å². The highest BCUT2D eigenvalue weighted by molar-refractivity contribution is 7.90. The fourth-order valence-electron chi connectivity index (χ4n) is 4.75. The van der Waals surface area contributed by atoms with Crippen LogP contribution in [0.3, 0.4) is 0 Å². The molecule has 3 aliphatic rings. The second-order valence-corrected chi connectivity index (χ2v) is 11.1. The van der Waals surface area contributed by atoms with Crippen LogP contribution >= 0.6 is 11.6 Å². The molecule has 33 heavy (non-hydrogen) atoms. The van der Waals surface area contributed by atoms with Gasteiger partial charge in [0.2, 0.25) is 15.9 Å². The van der Waals surface area contributed by atoms with Crippen LogP contribution in [-0.4, -0.2) is 46.1 Å². The van der Waals surface area contributed by atoms with Gasteiger partial charge in [0.05, 0.1) is 22.5 Å². The number of nitrogens with zero attached hydrogens (tertiary/aromatic N) is 5. The predicted octanol–water partition coefficient (Wildman–Crippen LogP) is 4.16. The summed E-state index contributed by atoms with van der Waals surface area (Å²) < 4.78 is 33.6. The fourth-order valence-corrected chi connectivity index (χ4v) is 7.26. The minimum absolute atomic E-state index is 0.0657. The van der Waals surface area contributed by atoms with Gasteiger partial charge in [0.25, 0.3) is 0 Å². The number of hydrogen-bond donors (Lipinski definition) is 1. The van der Waals surface area contributed by atoms with E-state index in [1.807, 2.05) is 0 Å². The maximum atomic E-state index is 12.8. The molecule has 1 saturated carbocycles. The van der Waals surface area contributed by atoms with Gasteiger partial charge in [-0.1, -0.05) is 17.7 Å². The molecule has 2 unspecified atom stereocenters. The van der Waals surface area contributed by atoms with Gasteiger partial charge < -0.3 is 10.1 Å². The van der Waals surface area contributed by atoms with E-state index in [2.05, 4.69) is 26.2 Å². The predicted molar refractivity (Wildman–Crippen MR) is 122 cm³/mol. The van der Waals surface area contributed by atoms with Crippen molar-refractivity contribution in [3.63, 3.8) is 0 Å². The number of nitriles is 1. The van der Waals surface area contributed by atoms with E-state index in [0.29, 0.717) is 29.2 Å². The number of anilines is 2. The van der Waals surface area contributed by atoms with Gasteiger partial charge in [0.15, 0.2) is 17.1 Å². The molecule has 0 radical (unpaired) electrons. The summed E-state index contributed by atoms with van der Waals surface area (Å²) in [5.41, 5.74) is 1.05. The number of nitrogens with one attached hydrogen (secondary N) is 1. The highest BCUT2D eigenvalue weighted by atomic mass is 35.5. The maximum absolute atomic E-state index is 12.8. The number of sulfonamides is 1. The summed E-state index contributed by atoms with van der Waals surface area (Å²) in [6, 6.07) is 6.76. The third kappa shape index (κ3) is 4.10. The lowest BCUT2D eigenvalue weighted by Crippen LogP contribution is -2.50. The van der Waals surface area contributed by atoms with E-state index in [-0.39, 0.29) is 40.7 Å². The molecule has 3 heterocycles. The van der Waals surface area contributed by atoms with E-state index < -0.39 is 10.0 Å². The van der Waals surface area contributed by atoms with Crippen molar-refractivity contribution in [3.8, 4) is 11.9 Å². The standard InChI is InChI=1S/C22H21ClN6O3S/c1-25-13-2-7-20(19(23)8-13)28-21-18(11-24)22(27-12-26-21)32-16-9-14-3-4-15(10-16)29(14)33(30,31)17-5-6-17/h2,7-8,12,14-17H,3-6,9-10H2,(H,26,27,28). The molecule has 2 saturated heterocycles. The van der Waals surface area contributed by atoms with Crippen LogP contribution < -0.4 is 10.1 Å². The molecule has 1 N–H and O–H groups in total. The SMILES string of the molecule is [C-]#[N+]c1ccc(Nc2ncnc(OC3CC4CCC(C3)N4S(=O)(=O)C3CC3)c2C#N)c(Cl)c1. The van der Waals surface area contributed by atoms with Crippen molar-refractivity contribution in [1.82, 2.24) is 14.3 Å². The Labute approximate surface area is 197 Å². The Morgan fingerprint density at radius 3 is 2.55 bits per heavy atom. The number of ether oxygens (including phenoxy) is 1. The van der Waals surface area contributed by atoms with E-state index in [0.717, 1.165) is 25.7 Å². The Hall–Kier alpha value is -2.92. The Morgan fingerprint density at radius 1 is 1.21 bits per heavy atom. The lowest BCUT2D eigenvalue weighted by molar-refractivity contribution is 0.0914. The van der Waals surface area contributed by atoms with E-state index in [1.165, 1.54) is 12.4 Å². The molecule has 1 aliphatic carbocycles. The van der Waals surface area contributed by atoms with Crippen LogP contribution in [-0.2, 0) is 10.0 Å². The molecule has 11 heteroatoms. The zero-order valence-corrected chi connectivity index (χ0v) is 19.2. The fraction of sp³-hybridized carbons (Fsp3) is 0.455. The van der Waals surface area contributed by atoms with E-state index in [4.69, 9.17) is 22.9 Å². The summed E-state index contributed by atoms with van der Waals surface area (Å²) in [4.78, 5) is 11.7. The summed E-state index contributed by atoms with van der Waals surface area (Å²) in [6.45, 7) is 7.08. The largest absolute Gasteiger partial charge is 0.473 e. The lowest BCUT2D eigenvalue weighted by atomic mass is 10.0. The number of halogens is 1. The lowest BCUT2D eigenvalue weighted by Gasteiger charge is -2.37. The second kappa shape index (κ2) is 8.45. The zero-order valence-electron chi connectivity index (χ0n) is 17.6. The van der Waals surface area contributed by atoms with Crippen LogP contribution in [0.5, 0.6) is 5.88 Å². The molecule has 170 valence electrons. The van der Waals surface area contributed by atoms with Crippen LogP contribution in [0.4, 0.5) is 17.2 Å². The van der Waals surface area contributed by atoms with Crippen molar-refractivity contribution in [2.45, 2.75) is 62.0 Å². The second-order valence-electron chi connectivity index (χ2n) is 8.59. The van der Waals surface area contributed by atoms with Gasteiger partial charge in [-0.15, -0.1) is 0 Å². The molecule has 5 rings (SSSR count). The summed E-state index contributed by atoms with van der Waals surface area (Å²) in [6.07, 6.45) is 5.39. The van der Waals surface area contributed by atoms with Crippen LogP contribution in [0, 0.1) is 17.9 Å². The van der Waals surface area contributed by atoms with Gasteiger partial charge in [-0.2, -0.15) is 9.57 Å². The zero-order chi connectivity index (χ0) is 23.2. The molecule has 1 aromatic heterocycles. The van der Waals surface area contributed by atoms with Crippen LogP contribution in [0.1, 0.15) is 44.1 Å². The summed E-state index contributed by atoms with van der Waals surface area (Å²) in [5, 5.41) is 12.9. The van der Waals surface area contributed by atoms with Gasteiger partial charge in [-0.3, -0.25) is 0 Å². The number of fused-ring (bicyclic) bond motifs is 2. The van der Waals surface area contributed by atoms with Gasteiger partial charge in [-0.25, -0.2) is 23.2 Å². The van der Waals surface area contributed by atoms with Crippen molar-refractivity contribution < 1.29 is 13.2 Å². The topological polar surface area (TPSA) is 113 Å². The molecule has 2 aromatic rings. The van der Waals surface area contributed by atoms with Gasteiger partial charge in [-0.05, 0) is 37.8 Å². The molecule has 2 aliphatic heterocycles. The van der Waals surface area contributed by atoms with Crippen molar-refractivity contribution in [3.05, 3.63) is 46.5 Å². The van der Waals surface area contributed by atoms with Crippen LogP contribution in [0.2, 0.25) is 5.02 Å². The Morgan fingerprint density at radius 2 is 1.94 bits per heavy atom. The number of piperidine rings is 1. The van der Waals surface area contributed by atoms with Crippen molar-refractivity contribution in [1.29, 1.82) is 5.26 Å². The van der Waals surface area contributed by atoms with E-state index in [9.17, 15) is 13.7 Å². The number of aromatic nitrogens is 2. The molecular formula is C22H21ClN6O3S. The van der Waals surface area contributed by atoms with Crippen LogP contribution in [0.25, 0.3) is 4.85 Å². The quantitative estimate of drug-likeness (QED) is 0.612. The highest BCUT2D eigenvalue weighted by Gasteiger charge is 2.52. The van der Waals surface area contributed by atoms with Gasteiger partial charge >= 0.3 is 0 Å². The average Bonchev–Trinajstić information content (AvgIpc) is 3.61. The number of hydrogen-bond acceptors (Lipinski definition) is 7. The van der Waals surface area contributed by atoms with Crippen LogP contribution in [0.15, 0.2) is 24.5 Å². The Balaban J connectivity index is 1.34. The third-order valence-electron chi connectivity index (χ3n) is 6.40. The van der Waals surface area contributed by atoms with E-state index in [1.54, 1.807) is 16.4 Å². The normalized spacial score (nSPS) is 24.6. The Kier molecular flexibility index (Phi) is 5.61. The molecule has 1 aromatic carbocycles. The first-order valence-electron chi connectivity index (χ1n) is 10.8. The molecule has 2 atom stereocenters. The third-order valence-corrected chi connectivity index (χ3v) is 9.21. The average molecular weight is 485 g/mol. The molecule has 0 amide bonds. The van der Waals surface area contributed by atoms with Crippen molar-refractivity contribution in [2.75, 3.05) is 5.32 Å². The number of rotatable bonds is 6. The minimum atomic E-state index is -3.23. The minimum Gasteiger partial charge on any atom is -0.473 e. The Bertz CT molecular complexity index is 1270. The first kappa shape index (κ1) is 21.9. The molecule has 9 nitrogen and oxygen atoms in total. The van der Waals surface area contributed by atoms with Gasteiger partial charge in [0, 0.05) is 24.9 Å². The summed E-state index contributed by atoms with van der Waals surface area (Å²) in [7, 11) is -3.23. The monoisotopic (exact) mass is 484 g/mol.